The summed E-state index contributed by atoms with van der Waals surface area (Å²) in [6.07, 6.45) is 28.3. The lowest BCUT2D eigenvalue weighted by Crippen LogP contribution is -2.31. The molecule has 2 rings (SSSR count). The molecule has 2 aliphatic heterocycles. The SMILES string of the molecule is CCCCCCCCCCCC[C@H](O)[C@@H]1CC[C@H]([C@H](O)CCCCCCC(=O)CCCCCCCC2=C[C@@H](C)OC2=O)O1. The van der Waals surface area contributed by atoms with Gasteiger partial charge in [-0.2, -0.15) is 0 Å². The van der Waals surface area contributed by atoms with Crippen LogP contribution in [0.15, 0.2) is 11.6 Å². The first kappa shape index (κ1) is 37.9. The van der Waals surface area contributed by atoms with Crippen molar-refractivity contribution in [2.24, 2.45) is 0 Å². The average Bonchev–Trinajstić information content (AvgIpc) is 3.61. The van der Waals surface area contributed by atoms with Crippen molar-refractivity contribution in [2.45, 2.75) is 211 Å². The van der Waals surface area contributed by atoms with Crippen molar-refractivity contribution >= 4 is 11.8 Å². The molecule has 0 bridgehead atoms. The zero-order valence-electron chi connectivity index (χ0n) is 27.9. The molecule has 5 atom stereocenters. The Morgan fingerprint density at radius 2 is 1.16 bits per heavy atom. The second kappa shape index (κ2) is 24.1. The van der Waals surface area contributed by atoms with Gasteiger partial charge in [0.2, 0.25) is 0 Å². The minimum absolute atomic E-state index is 0.0794. The van der Waals surface area contributed by atoms with E-state index in [2.05, 4.69) is 6.92 Å². The molecule has 0 aromatic rings. The molecular formula is C37H66O6. The highest BCUT2D eigenvalue weighted by atomic mass is 16.5. The summed E-state index contributed by atoms with van der Waals surface area (Å²) in [7, 11) is 0. The first-order valence-electron chi connectivity index (χ1n) is 18.4. The third-order valence-electron chi connectivity index (χ3n) is 9.40. The quantitative estimate of drug-likeness (QED) is 0.0682. The molecule has 0 spiro atoms. The van der Waals surface area contributed by atoms with Gasteiger partial charge < -0.3 is 19.7 Å². The van der Waals surface area contributed by atoms with Gasteiger partial charge in [-0.15, -0.1) is 0 Å². The summed E-state index contributed by atoms with van der Waals surface area (Å²) >= 11 is 0. The average molecular weight is 607 g/mol. The number of carbonyl (C=O) groups excluding carboxylic acids is 2. The Balaban J connectivity index is 1.36. The third kappa shape index (κ3) is 17.7. The number of unbranched alkanes of at least 4 members (excludes halogenated alkanes) is 16. The number of ether oxygens (including phenoxy) is 2. The fourth-order valence-electron chi connectivity index (χ4n) is 6.61. The number of aliphatic hydroxyl groups is 2. The summed E-state index contributed by atoms with van der Waals surface area (Å²) in [5.41, 5.74) is 0.822. The first-order valence-corrected chi connectivity index (χ1v) is 18.4. The lowest BCUT2D eigenvalue weighted by atomic mass is 9.99. The summed E-state index contributed by atoms with van der Waals surface area (Å²) in [6, 6.07) is 0. The standard InChI is InChI=1S/C37H66O6/c1-3-4-5-6-7-8-9-10-14-20-25-33(39)35-27-28-36(43-35)34(40)26-21-16-15-19-24-32(38)23-18-13-11-12-17-22-31-29-30(2)42-37(31)41/h29-30,33-36,39-40H,3-28H2,1-2H3/t30-,33+,34-,35+,36-/m1/s1. The van der Waals surface area contributed by atoms with Crippen molar-refractivity contribution in [3.05, 3.63) is 11.6 Å². The Bertz CT molecular complexity index is 764. The van der Waals surface area contributed by atoms with Crippen LogP contribution in [0.4, 0.5) is 0 Å². The summed E-state index contributed by atoms with van der Waals surface area (Å²) in [5.74, 6) is 0.214. The normalized spacial score (nSPS) is 21.6. The zero-order chi connectivity index (χ0) is 31.1. The topological polar surface area (TPSA) is 93.1 Å². The minimum Gasteiger partial charge on any atom is -0.455 e. The number of hydrogen-bond donors (Lipinski definition) is 2. The van der Waals surface area contributed by atoms with E-state index < -0.39 is 12.2 Å². The Hall–Kier alpha value is -1.24. The fourth-order valence-corrected chi connectivity index (χ4v) is 6.61. The summed E-state index contributed by atoms with van der Waals surface area (Å²) in [5, 5.41) is 21.2. The van der Waals surface area contributed by atoms with Crippen LogP contribution in [0.2, 0.25) is 0 Å². The van der Waals surface area contributed by atoms with Gasteiger partial charge in [0, 0.05) is 18.4 Å². The van der Waals surface area contributed by atoms with E-state index in [9.17, 15) is 19.8 Å². The Morgan fingerprint density at radius 1 is 0.721 bits per heavy atom. The molecule has 1 saturated heterocycles. The Morgan fingerprint density at radius 3 is 1.63 bits per heavy atom. The predicted molar refractivity (Wildman–Crippen MR) is 175 cm³/mol. The van der Waals surface area contributed by atoms with Gasteiger partial charge in [-0.3, -0.25) is 4.79 Å². The number of carbonyl (C=O) groups is 2. The number of esters is 1. The number of hydrogen-bond acceptors (Lipinski definition) is 6. The molecule has 0 aliphatic carbocycles. The molecule has 6 heteroatoms. The summed E-state index contributed by atoms with van der Waals surface area (Å²) in [4.78, 5) is 23.8. The van der Waals surface area contributed by atoms with Crippen LogP contribution < -0.4 is 0 Å². The van der Waals surface area contributed by atoms with E-state index in [1.807, 2.05) is 13.0 Å². The first-order chi connectivity index (χ1) is 20.9. The summed E-state index contributed by atoms with van der Waals surface area (Å²) < 4.78 is 11.2. The highest BCUT2D eigenvalue weighted by molar-refractivity contribution is 5.90. The van der Waals surface area contributed by atoms with Gasteiger partial charge in [0.05, 0.1) is 24.4 Å². The monoisotopic (exact) mass is 606 g/mol. The maximum Gasteiger partial charge on any atom is 0.334 e. The van der Waals surface area contributed by atoms with Crippen LogP contribution in [0.3, 0.4) is 0 Å². The molecule has 6 nitrogen and oxygen atoms in total. The van der Waals surface area contributed by atoms with Crippen LogP contribution in [0.25, 0.3) is 0 Å². The maximum atomic E-state index is 12.2. The molecule has 1 fully saturated rings. The molecule has 0 radical (unpaired) electrons. The Kier molecular flexibility index (Phi) is 21.2. The molecule has 2 heterocycles. The van der Waals surface area contributed by atoms with Crippen molar-refractivity contribution in [1.82, 2.24) is 0 Å². The number of cyclic esters (lactones) is 1. The highest BCUT2D eigenvalue weighted by Gasteiger charge is 2.34. The molecule has 0 aromatic carbocycles. The van der Waals surface area contributed by atoms with E-state index in [-0.39, 0.29) is 24.3 Å². The molecular weight excluding hydrogens is 540 g/mol. The number of rotatable bonds is 28. The third-order valence-corrected chi connectivity index (χ3v) is 9.40. The lowest BCUT2D eigenvalue weighted by molar-refractivity contribution is -0.139. The lowest BCUT2D eigenvalue weighted by Gasteiger charge is -2.22. The van der Waals surface area contributed by atoms with Gasteiger partial charge in [0.25, 0.3) is 0 Å². The fraction of sp³-hybridized carbons (Fsp3) is 0.892. The van der Waals surface area contributed by atoms with Gasteiger partial charge in [0.1, 0.15) is 11.9 Å². The molecule has 2 aliphatic rings. The van der Waals surface area contributed by atoms with E-state index in [1.54, 1.807) is 0 Å². The predicted octanol–water partition coefficient (Wildman–Crippen LogP) is 9.08. The van der Waals surface area contributed by atoms with Gasteiger partial charge in [-0.05, 0) is 64.4 Å². The van der Waals surface area contributed by atoms with Crippen LogP contribution in [0.5, 0.6) is 0 Å². The number of aliphatic hydroxyl groups excluding tert-OH is 2. The molecule has 0 aromatic heterocycles. The van der Waals surface area contributed by atoms with Crippen LogP contribution >= 0.6 is 0 Å². The zero-order valence-corrected chi connectivity index (χ0v) is 27.9. The van der Waals surface area contributed by atoms with Crippen molar-refractivity contribution in [2.75, 3.05) is 0 Å². The van der Waals surface area contributed by atoms with Crippen LogP contribution in [-0.4, -0.2) is 52.5 Å². The van der Waals surface area contributed by atoms with Crippen molar-refractivity contribution in [3.8, 4) is 0 Å². The van der Waals surface area contributed by atoms with Gasteiger partial charge in [-0.25, -0.2) is 4.79 Å². The van der Waals surface area contributed by atoms with Crippen LogP contribution in [-0.2, 0) is 19.1 Å². The molecule has 43 heavy (non-hydrogen) atoms. The van der Waals surface area contributed by atoms with Gasteiger partial charge in [0.15, 0.2) is 0 Å². The van der Waals surface area contributed by atoms with Crippen LogP contribution in [0, 0.1) is 0 Å². The largest absolute Gasteiger partial charge is 0.455 e. The van der Waals surface area contributed by atoms with E-state index >= 15 is 0 Å². The van der Waals surface area contributed by atoms with Crippen LogP contribution in [0.1, 0.15) is 181 Å². The van der Waals surface area contributed by atoms with Crippen molar-refractivity contribution in [3.63, 3.8) is 0 Å². The molecule has 250 valence electrons. The molecule has 2 N–H and O–H groups in total. The molecule has 0 saturated carbocycles. The number of Topliss-reactive ketones (excluding diaryl/α,β-unsaturated/α-hetero) is 1. The second-order valence-electron chi connectivity index (χ2n) is 13.5. The van der Waals surface area contributed by atoms with Gasteiger partial charge >= 0.3 is 5.97 Å². The van der Waals surface area contributed by atoms with Crippen molar-refractivity contribution in [1.29, 1.82) is 0 Å². The minimum atomic E-state index is -0.455. The van der Waals surface area contributed by atoms with E-state index in [0.29, 0.717) is 18.6 Å². The number of ketones is 1. The molecule has 0 amide bonds. The Labute approximate surface area is 263 Å². The van der Waals surface area contributed by atoms with E-state index in [4.69, 9.17) is 9.47 Å². The smallest absolute Gasteiger partial charge is 0.334 e. The second-order valence-corrected chi connectivity index (χ2v) is 13.5. The van der Waals surface area contributed by atoms with E-state index in [0.717, 1.165) is 102 Å². The highest BCUT2D eigenvalue weighted by Crippen LogP contribution is 2.28. The maximum absolute atomic E-state index is 12.2. The molecule has 0 unspecified atom stereocenters. The van der Waals surface area contributed by atoms with Gasteiger partial charge in [-0.1, -0.05) is 110 Å². The van der Waals surface area contributed by atoms with E-state index in [1.165, 1.54) is 57.8 Å². The van der Waals surface area contributed by atoms with Crippen molar-refractivity contribution < 1.29 is 29.3 Å². The summed E-state index contributed by atoms with van der Waals surface area (Å²) in [6.45, 7) is 4.15.